The zero-order valence-electron chi connectivity index (χ0n) is 12.5. The fourth-order valence-corrected chi connectivity index (χ4v) is 2.48. The van der Waals surface area contributed by atoms with Crippen molar-refractivity contribution in [3.05, 3.63) is 70.3 Å². The van der Waals surface area contributed by atoms with Gasteiger partial charge in [0.15, 0.2) is 5.78 Å². The highest BCUT2D eigenvalue weighted by molar-refractivity contribution is 5.97. The van der Waals surface area contributed by atoms with Crippen molar-refractivity contribution in [2.24, 2.45) is 0 Å². The number of hydrogen-bond donors (Lipinski definition) is 0. The SMILES string of the molecule is Cc1ccc(CCC(=O)c2ccccc2C(F)(F)F)c(C)c1. The first-order valence-electron chi connectivity index (χ1n) is 7.04. The van der Waals surface area contributed by atoms with Gasteiger partial charge in [0.25, 0.3) is 0 Å². The Hall–Kier alpha value is -2.10. The molecule has 0 aliphatic carbocycles. The lowest BCUT2D eigenvalue weighted by Gasteiger charge is -2.12. The first-order chi connectivity index (χ1) is 10.3. The van der Waals surface area contributed by atoms with Crippen LogP contribution in [0, 0.1) is 13.8 Å². The van der Waals surface area contributed by atoms with Gasteiger partial charge in [-0.25, -0.2) is 0 Å². The Labute approximate surface area is 127 Å². The maximum atomic E-state index is 12.9. The zero-order chi connectivity index (χ0) is 16.3. The number of benzene rings is 2. The van der Waals surface area contributed by atoms with Crippen molar-refractivity contribution in [3.63, 3.8) is 0 Å². The highest BCUT2D eigenvalue weighted by atomic mass is 19.4. The molecule has 2 aromatic carbocycles. The molecule has 0 atom stereocenters. The Kier molecular flexibility index (Phi) is 4.69. The van der Waals surface area contributed by atoms with Gasteiger partial charge in [0.2, 0.25) is 0 Å². The molecule has 0 bridgehead atoms. The van der Waals surface area contributed by atoms with E-state index in [1.165, 1.54) is 18.2 Å². The number of ketones is 1. The van der Waals surface area contributed by atoms with Crippen LogP contribution in [0.3, 0.4) is 0 Å². The third-order valence-corrected chi connectivity index (χ3v) is 3.65. The first-order valence-corrected chi connectivity index (χ1v) is 7.04. The van der Waals surface area contributed by atoms with Crippen molar-refractivity contribution in [1.29, 1.82) is 0 Å². The molecule has 0 fully saturated rings. The Morgan fingerprint density at radius 3 is 2.36 bits per heavy atom. The normalized spacial score (nSPS) is 11.5. The smallest absolute Gasteiger partial charge is 0.294 e. The van der Waals surface area contributed by atoms with E-state index in [1.807, 2.05) is 32.0 Å². The minimum absolute atomic E-state index is 0.0665. The van der Waals surface area contributed by atoms with Crippen LogP contribution in [0.15, 0.2) is 42.5 Å². The topological polar surface area (TPSA) is 17.1 Å². The Morgan fingerprint density at radius 2 is 1.73 bits per heavy atom. The van der Waals surface area contributed by atoms with Crippen LogP contribution >= 0.6 is 0 Å². The van der Waals surface area contributed by atoms with Crippen LogP contribution in [0.1, 0.15) is 39.0 Å². The van der Waals surface area contributed by atoms with E-state index in [4.69, 9.17) is 0 Å². The summed E-state index contributed by atoms with van der Waals surface area (Å²) in [5.74, 6) is -0.479. The Bertz CT molecular complexity index is 687. The van der Waals surface area contributed by atoms with Crippen molar-refractivity contribution >= 4 is 5.78 Å². The van der Waals surface area contributed by atoms with Crippen LogP contribution in [-0.4, -0.2) is 5.78 Å². The molecule has 0 aliphatic rings. The minimum atomic E-state index is -4.51. The molecule has 1 nitrogen and oxygen atoms in total. The van der Waals surface area contributed by atoms with Crippen LogP contribution in [0.5, 0.6) is 0 Å². The predicted molar refractivity (Wildman–Crippen MR) is 80.0 cm³/mol. The van der Waals surface area contributed by atoms with E-state index in [0.29, 0.717) is 6.42 Å². The van der Waals surface area contributed by atoms with Gasteiger partial charge in [-0.05, 0) is 37.5 Å². The summed E-state index contributed by atoms with van der Waals surface area (Å²) in [5, 5.41) is 0. The monoisotopic (exact) mass is 306 g/mol. The molecule has 0 aliphatic heterocycles. The molecule has 0 spiro atoms. The van der Waals surface area contributed by atoms with E-state index in [0.717, 1.165) is 22.8 Å². The molecule has 0 unspecified atom stereocenters. The van der Waals surface area contributed by atoms with E-state index in [9.17, 15) is 18.0 Å². The molecule has 0 N–H and O–H groups in total. The second-order valence-corrected chi connectivity index (χ2v) is 5.40. The maximum absolute atomic E-state index is 12.9. The van der Waals surface area contributed by atoms with E-state index in [-0.39, 0.29) is 12.0 Å². The third-order valence-electron chi connectivity index (χ3n) is 3.65. The molecule has 4 heteroatoms. The average molecular weight is 306 g/mol. The van der Waals surface area contributed by atoms with Crippen molar-refractivity contribution < 1.29 is 18.0 Å². The van der Waals surface area contributed by atoms with Gasteiger partial charge in [0.05, 0.1) is 5.56 Å². The second-order valence-electron chi connectivity index (χ2n) is 5.40. The molecule has 2 rings (SSSR count). The molecule has 116 valence electrons. The number of aryl methyl sites for hydroxylation is 3. The number of carbonyl (C=O) groups is 1. The Morgan fingerprint density at radius 1 is 1.05 bits per heavy atom. The summed E-state index contributed by atoms with van der Waals surface area (Å²) in [7, 11) is 0. The summed E-state index contributed by atoms with van der Waals surface area (Å²) in [5.41, 5.74) is 2.05. The van der Waals surface area contributed by atoms with Gasteiger partial charge in [-0.1, -0.05) is 42.0 Å². The van der Waals surface area contributed by atoms with E-state index < -0.39 is 17.5 Å². The quantitative estimate of drug-likeness (QED) is 0.715. The Balaban J connectivity index is 2.17. The van der Waals surface area contributed by atoms with Crippen LogP contribution in [-0.2, 0) is 12.6 Å². The number of alkyl halides is 3. The molecule has 0 heterocycles. The van der Waals surface area contributed by atoms with Crippen molar-refractivity contribution in [1.82, 2.24) is 0 Å². The van der Waals surface area contributed by atoms with Gasteiger partial charge in [-0.15, -0.1) is 0 Å². The van der Waals surface area contributed by atoms with Gasteiger partial charge in [0, 0.05) is 12.0 Å². The predicted octanol–water partition coefficient (Wildman–Crippen LogP) is 5.14. The van der Waals surface area contributed by atoms with Crippen molar-refractivity contribution in [2.45, 2.75) is 32.9 Å². The minimum Gasteiger partial charge on any atom is -0.294 e. The largest absolute Gasteiger partial charge is 0.417 e. The molecular formula is C18H17F3O. The average Bonchev–Trinajstić information content (AvgIpc) is 2.45. The number of carbonyl (C=O) groups excluding carboxylic acids is 1. The molecule has 2 aromatic rings. The molecular weight excluding hydrogens is 289 g/mol. The lowest BCUT2D eigenvalue weighted by atomic mass is 9.96. The number of halogens is 3. The first kappa shape index (κ1) is 16.3. The fraction of sp³-hybridized carbons (Fsp3) is 0.278. The summed E-state index contributed by atoms with van der Waals surface area (Å²) in [6.07, 6.45) is -4.00. The van der Waals surface area contributed by atoms with Crippen LogP contribution in [0.2, 0.25) is 0 Å². The lowest BCUT2D eigenvalue weighted by Crippen LogP contribution is -2.13. The van der Waals surface area contributed by atoms with Crippen LogP contribution in [0.4, 0.5) is 13.2 Å². The number of hydrogen-bond acceptors (Lipinski definition) is 1. The fourth-order valence-electron chi connectivity index (χ4n) is 2.48. The summed E-state index contributed by atoms with van der Waals surface area (Å²) in [6, 6.07) is 10.8. The highest BCUT2D eigenvalue weighted by Crippen LogP contribution is 2.32. The molecule has 0 radical (unpaired) electrons. The van der Waals surface area contributed by atoms with E-state index >= 15 is 0 Å². The molecule has 22 heavy (non-hydrogen) atoms. The van der Waals surface area contributed by atoms with Crippen molar-refractivity contribution in [2.75, 3.05) is 0 Å². The number of Topliss-reactive ketones (excluding diaryl/α,β-unsaturated/α-hetero) is 1. The summed E-state index contributed by atoms with van der Waals surface area (Å²) in [6.45, 7) is 3.91. The second kappa shape index (κ2) is 6.34. The number of rotatable bonds is 4. The third kappa shape index (κ3) is 3.75. The summed E-state index contributed by atoms with van der Waals surface area (Å²) >= 11 is 0. The summed E-state index contributed by atoms with van der Waals surface area (Å²) < 4.78 is 38.8. The van der Waals surface area contributed by atoms with Crippen LogP contribution in [0.25, 0.3) is 0 Å². The maximum Gasteiger partial charge on any atom is 0.417 e. The van der Waals surface area contributed by atoms with Gasteiger partial charge < -0.3 is 0 Å². The molecule has 0 saturated heterocycles. The highest BCUT2D eigenvalue weighted by Gasteiger charge is 2.34. The molecule has 0 aromatic heterocycles. The van der Waals surface area contributed by atoms with Gasteiger partial charge >= 0.3 is 6.18 Å². The lowest BCUT2D eigenvalue weighted by molar-refractivity contribution is -0.137. The van der Waals surface area contributed by atoms with Gasteiger partial charge in [0.1, 0.15) is 0 Å². The molecule has 0 saturated carbocycles. The summed E-state index contributed by atoms with van der Waals surface area (Å²) in [4.78, 5) is 12.2. The van der Waals surface area contributed by atoms with Gasteiger partial charge in [-0.3, -0.25) is 4.79 Å². The van der Waals surface area contributed by atoms with E-state index in [2.05, 4.69) is 0 Å². The molecule has 0 amide bonds. The van der Waals surface area contributed by atoms with Crippen LogP contribution < -0.4 is 0 Å². The van der Waals surface area contributed by atoms with E-state index in [1.54, 1.807) is 0 Å². The van der Waals surface area contributed by atoms with Crippen molar-refractivity contribution in [3.8, 4) is 0 Å². The van der Waals surface area contributed by atoms with Gasteiger partial charge in [-0.2, -0.15) is 13.2 Å². The zero-order valence-corrected chi connectivity index (χ0v) is 12.5. The standard InChI is InChI=1S/C18H17F3O/c1-12-7-8-14(13(2)11-12)9-10-17(22)15-5-3-4-6-16(15)18(19,20)21/h3-8,11H,9-10H2,1-2H3.